The Balaban J connectivity index is 1.50. The lowest BCUT2D eigenvalue weighted by molar-refractivity contribution is -0.120. The van der Waals surface area contributed by atoms with Crippen molar-refractivity contribution in [1.82, 2.24) is 10.6 Å². The zero-order valence-electron chi connectivity index (χ0n) is 13.9. The predicted molar refractivity (Wildman–Crippen MR) is 100.0 cm³/mol. The van der Waals surface area contributed by atoms with Crippen molar-refractivity contribution in [1.29, 1.82) is 0 Å². The molecule has 0 aromatic heterocycles. The van der Waals surface area contributed by atoms with Gasteiger partial charge in [0.25, 0.3) is 0 Å². The molecule has 6 heteroatoms. The number of halogens is 1. The second-order valence-electron chi connectivity index (χ2n) is 6.28. The second kappa shape index (κ2) is 10.3. The molecule has 2 rings (SSSR count). The third kappa shape index (κ3) is 7.34. The molecular weight excluding hydrogens is 370 g/mol. The maximum Gasteiger partial charge on any atom is 0.319 e. The molecule has 1 fully saturated rings. The number of hydrogen-bond donors (Lipinski definition) is 3. The fourth-order valence-electron chi connectivity index (χ4n) is 3.00. The number of urea groups is 1. The lowest BCUT2D eigenvalue weighted by Crippen LogP contribution is -2.33. The molecule has 0 atom stereocenters. The monoisotopic (exact) mass is 395 g/mol. The van der Waals surface area contributed by atoms with Gasteiger partial charge in [0.05, 0.1) is 0 Å². The summed E-state index contributed by atoms with van der Waals surface area (Å²) in [5, 5.41) is 8.33. The molecule has 3 amide bonds. The highest BCUT2D eigenvalue weighted by molar-refractivity contribution is 9.10. The first-order chi connectivity index (χ1) is 11.6. The van der Waals surface area contributed by atoms with E-state index in [1.54, 1.807) is 12.1 Å². The number of hydrogen-bond acceptors (Lipinski definition) is 2. The minimum Gasteiger partial charge on any atom is -0.356 e. The van der Waals surface area contributed by atoms with E-state index in [-0.39, 0.29) is 11.9 Å². The van der Waals surface area contributed by atoms with Crippen LogP contribution in [0.4, 0.5) is 10.5 Å². The Kier molecular flexibility index (Phi) is 8.08. The maximum absolute atomic E-state index is 11.7. The summed E-state index contributed by atoms with van der Waals surface area (Å²) in [6, 6.07) is 7.02. The average molecular weight is 396 g/mol. The van der Waals surface area contributed by atoms with Crippen molar-refractivity contribution in [3.63, 3.8) is 0 Å². The molecule has 0 heterocycles. The molecule has 5 nitrogen and oxygen atoms in total. The number of rotatable bonds is 8. The molecule has 0 saturated heterocycles. The van der Waals surface area contributed by atoms with E-state index in [1.807, 2.05) is 12.1 Å². The van der Waals surface area contributed by atoms with Gasteiger partial charge in [-0.25, -0.2) is 4.79 Å². The second-order valence-corrected chi connectivity index (χ2v) is 7.20. The van der Waals surface area contributed by atoms with Crippen molar-refractivity contribution in [3.8, 4) is 0 Å². The van der Waals surface area contributed by atoms with Gasteiger partial charge in [-0.3, -0.25) is 4.79 Å². The van der Waals surface area contributed by atoms with Crippen LogP contribution in [0.25, 0.3) is 0 Å². The molecule has 0 radical (unpaired) electrons. The van der Waals surface area contributed by atoms with Crippen LogP contribution in [0.5, 0.6) is 0 Å². The van der Waals surface area contributed by atoms with Gasteiger partial charge in [-0.05, 0) is 43.0 Å². The first kappa shape index (κ1) is 18.8. The van der Waals surface area contributed by atoms with Crippen LogP contribution in [0.2, 0.25) is 0 Å². The van der Waals surface area contributed by atoms with E-state index in [9.17, 15) is 9.59 Å². The molecule has 1 aromatic carbocycles. The number of amides is 3. The zero-order valence-corrected chi connectivity index (χ0v) is 15.5. The summed E-state index contributed by atoms with van der Waals surface area (Å²) >= 11 is 3.34. The molecule has 0 spiro atoms. The predicted octanol–water partition coefficient (Wildman–Crippen LogP) is 4.05. The van der Waals surface area contributed by atoms with Crippen LogP contribution < -0.4 is 16.0 Å². The van der Waals surface area contributed by atoms with E-state index >= 15 is 0 Å². The number of anilines is 1. The van der Waals surface area contributed by atoms with Gasteiger partial charge in [-0.15, -0.1) is 0 Å². The van der Waals surface area contributed by atoms with Crippen molar-refractivity contribution in [2.24, 2.45) is 5.92 Å². The van der Waals surface area contributed by atoms with Crippen LogP contribution >= 0.6 is 15.9 Å². The summed E-state index contributed by atoms with van der Waals surface area (Å²) in [6.07, 6.45) is 8.01. The van der Waals surface area contributed by atoms with Gasteiger partial charge in [-0.1, -0.05) is 41.6 Å². The average Bonchev–Trinajstić information content (AvgIpc) is 3.07. The van der Waals surface area contributed by atoms with E-state index in [0.717, 1.165) is 23.4 Å². The minimum atomic E-state index is -0.300. The van der Waals surface area contributed by atoms with Crippen LogP contribution in [0.1, 0.15) is 44.9 Å². The molecule has 1 saturated carbocycles. The zero-order chi connectivity index (χ0) is 17.2. The van der Waals surface area contributed by atoms with Gasteiger partial charge in [0.15, 0.2) is 0 Å². The first-order valence-corrected chi connectivity index (χ1v) is 9.50. The van der Waals surface area contributed by atoms with Crippen molar-refractivity contribution in [2.45, 2.75) is 44.9 Å². The van der Waals surface area contributed by atoms with Gasteiger partial charge in [0, 0.05) is 29.7 Å². The van der Waals surface area contributed by atoms with E-state index < -0.39 is 0 Å². The minimum absolute atomic E-state index is 0.00892. The molecule has 0 aliphatic heterocycles. The van der Waals surface area contributed by atoms with Gasteiger partial charge in [-0.2, -0.15) is 0 Å². The molecular formula is C18H26BrN3O2. The smallest absolute Gasteiger partial charge is 0.319 e. The third-order valence-electron chi connectivity index (χ3n) is 4.33. The highest BCUT2D eigenvalue weighted by Crippen LogP contribution is 2.28. The van der Waals surface area contributed by atoms with Crippen LogP contribution in [0.3, 0.4) is 0 Å². The third-order valence-corrected chi connectivity index (χ3v) is 4.85. The van der Waals surface area contributed by atoms with Crippen molar-refractivity contribution in [3.05, 3.63) is 28.7 Å². The molecule has 1 aliphatic rings. The Bertz CT molecular complexity index is 528. The summed E-state index contributed by atoms with van der Waals surface area (Å²) in [4.78, 5) is 23.4. The Morgan fingerprint density at radius 1 is 1.04 bits per heavy atom. The van der Waals surface area contributed by atoms with Crippen molar-refractivity contribution >= 4 is 33.6 Å². The van der Waals surface area contributed by atoms with Crippen LogP contribution in [0, 0.1) is 5.92 Å². The molecule has 1 aliphatic carbocycles. The number of nitrogens with one attached hydrogen (secondary N) is 3. The van der Waals surface area contributed by atoms with Crippen LogP contribution in [-0.4, -0.2) is 25.0 Å². The number of carbonyl (C=O) groups excluding carboxylic acids is 2. The number of benzene rings is 1. The quantitative estimate of drug-likeness (QED) is 0.581. The topological polar surface area (TPSA) is 70.2 Å². The molecule has 1 aromatic rings. The summed E-state index contributed by atoms with van der Waals surface area (Å²) in [7, 11) is 0. The Hall–Kier alpha value is -1.56. The lowest BCUT2D eigenvalue weighted by Gasteiger charge is -2.10. The Morgan fingerprint density at radius 2 is 1.75 bits per heavy atom. The molecule has 132 valence electrons. The molecule has 3 N–H and O–H groups in total. The Labute approximate surface area is 152 Å². The van der Waals surface area contributed by atoms with Gasteiger partial charge < -0.3 is 16.0 Å². The maximum atomic E-state index is 11.7. The van der Waals surface area contributed by atoms with E-state index in [2.05, 4.69) is 31.9 Å². The fourth-order valence-corrected chi connectivity index (χ4v) is 3.27. The Morgan fingerprint density at radius 3 is 2.46 bits per heavy atom. The number of carbonyl (C=O) groups is 2. The first-order valence-electron chi connectivity index (χ1n) is 8.70. The van der Waals surface area contributed by atoms with E-state index in [0.29, 0.717) is 18.7 Å². The van der Waals surface area contributed by atoms with E-state index in [1.165, 1.54) is 32.1 Å². The van der Waals surface area contributed by atoms with Gasteiger partial charge in [0.1, 0.15) is 0 Å². The fraction of sp³-hybridized carbons (Fsp3) is 0.556. The van der Waals surface area contributed by atoms with Crippen molar-refractivity contribution in [2.75, 3.05) is 18.4 Å². The summed E-state index contributed by atoms with van der Waals surface area (Å²) in [6.45, 7) is 1.07. The normalized spacial score (nSPS) is 14.4. The molecule has 0 bridgehead atoms. The highest BCUT2D eigenvalue weighted by atomic mass is 79.9. The summed E-state index contributed by atoms with van der Waals surface area (Å²) in [5.41, 5.74) is 0.715. The van der Waals surface area contributed by atoms with E-state index in [4.69, 9.17) is 0 Å². The van der Waals surface area contributed by atoms with Gasteiger partial charge in [0.2, 0.25) is 5.91 Å². The summed E-state index contributed by atoms with van der Waals surface area (Å²) < 4.78 is 0.957. The van der Waals surface area contributed by atoms with Gasteiger partial charge >= 0.3 is 6.03 Å². The largest absolute Gasteiger partial charge is 0.356 e. The van der Waals surface area contributed by atoms with Crippen molar-refractivity contribution < 1.29 is 9.59 Å². The molecule has 24 heavy (non-hydrogen) atoms. The van der Waals surface area contributed by atoms with Crippen LogP contribution in [0.15, 0.2) is 28.7 Å². The molecule has 0 unspecified atom stereocenters. The highest BCUT2D eigenvalue weighted by Gasteiger charge is 2.14. The lowest BCUT2D eigenvalue weighted by atomic mass is 10.0. The SMILES string of the molecule is O=C(CCNC(=O)Nc1ccc(Br)cc1)NCCCC1CCCC1. The standard InChI is InChI=1S/C18H26BrN3O2/c19-15-7-9-16(10-8-15)22-18(24)21-13-11-17(23)20-12-3-6-14-4-1-2-5-14/h7-10,14H,1-6,11-13H2,(H,20,23)(H2,21,22,24). The summed E-state index contributed by atoms with van der Waals surface area (Å²) in [5.74, 6) is 0.858. The van der Waals surface area contributed by atoms with Crippen LogP contribution in [-0.2, 0) is 4.79 Å².